The summed E-state index contributed by atoms with van der Waals surface area (Å²) in [5.74, 6) is 0.443. The van der Waals surface area contributed by atoms with Crippen LogP contribution in [0.1, 0.15) is 5.56 Å². The first kappa shape index (κ1) is 16.4. The van der Waals surface area contributed by atoms with Crippen LogP contribution in [0.5, 0.6) is 17.2 Å². The topological polar surface area (TPSA) is 128 Å². The number of hydrogen-bond acceptors (Lipinski definition) is 6. The molecule has 0 amide bonds. The number of aliphatic imine (C=N–C) groups is 1. The van der Waals surface area contributed by atoms with Crippen molar-refractivity contribution >= 4 is 33.3 Å². The number of rotatable bonds is 2. The van der Waals surface area contributed by atoms with Crippen LogP contribution in [0.2, 0.25) is 0 Å². The summed E-state index contributed by atoms with van der Waals surface area (Å²) in [4.78, 5) is 5.13. The number of fused-ring (bicyclic) bond motifs is 1. The van der Waals surface area contributed by atoms with Crippen LogP contribution in [0.3, 0.4) is 0 Å². The molecule has 25 heavy (non-hydrogen) atoms. The lowest BCUT2D eigenvalue weighted by molar-refractivity contribution is 0.174. The van der Waals surface area contributed by atoms with Gasteiger partial charge < -0.3 is 20.3 Å². The van der Waals surface area contributed by atoms with Crippen molar-refractivity contribution in [1.29, 1.82) is 10.5 Å². The molecule has 8 nitrogen and oxygen atoms in total. The molecule has 0 fully saturated rings. The highest BCUT2D eigenvalue weighted by molar-refractivity contribution is 9.10. The molecule has 0 aromatic heterocycles. The van der Waals surface area contributed by atoms with E-state index in [0.717, 1.165) is 4.90 Å². The number of ether oxygens (including phenoxy) is 2. The van der Waals surface area contributed by atoms with E-state index in [2.05, 4.69) is 20.9 Å². The molecule has 0 radical (unpaired) electrons. The molecule has 3 N–H and O–H groups in total. The maximum absolute atomic E-state index is 10.1. The lowest BCUT2D eigenvalue weighted by atomic mass is 10.2. The minimum atomic E-state index is -0.252. The Morgan fingerprint density at radius 2 is 2.08 bits per heavy atom. The number of nitriles is 2. The van der Waals surface area contributed by atoms with E-state index in [0.29, 0.717) is 17.2 Å². The van der Waals surface area contributed by atoms with E-state index in [-0.39, 0.29) is 34.2 Å². The van der Waals surface area contributed by atoms with Gasteiger partial charge in [-0.05, 0) is 40.2 Å². The molecule has 2 aromatic carbocycles. The summed E-state index contributed by atoms with van der Waals surface area (Å²) >= 11 is 3.12. The fourth-order valence-electron chi connectivity index (χ4n) is 2.22. The summed E-state index contributed by atoms with van der Waals surface area (Å²) in [5, 5.41) is 28.6. The van der Waals surface area contributed by atoms with Crippen LogP contribution in [0.15, 0.2) is 39.8 Å². The van der Waals surface area contributed by atoms with Gasteiger partial charge in [0.15, 0.2) is 23.4 Å². The monoisotopic (exact) mass is 399 g/mol. The molecular weight excluding hydrogens is 390 g/mol. The second kappa shape index (κ2) is 6.59. The summed E-state index contributed by atoms with van der Waals surface area (Å²) in [6, 6.07) is 9.86. The predicted molar refractivity (Wildman–Crippen MR) is 92.5 cm³/mol. The third-order valence-corrected chi connectivity index (χ3v) is 4.20. The first-order valence-corrected chi connectivity index (χ1v) is 7.70. The second-order valence-corrected chi connectivity index (χ2v) is 5.62. The Kier molecular flexibility index (Phi) is 4.33. The van der Waals surface area contributed by atoms with Crippen molar-refractivity contribution in [3.05, 3.63) is 40.4 Å². The number of nitrogens with zero attached hydrogens (tertiary/aromatic N) is 4. The first-order valence-electron chi connectivity index (χ1n) is 6.91. The molecule has 1 aliphatic rings. The molecule has 3 rings (SSSR count). The fourth-order valence-corrected chi connectivity index (χ4v) is 2.65. The molecule has 0 saturated carbocycles. The Labute approximate surface area is 151 Å². The van der Waals surface area contributed by atoms with Crippen molar-refractivity contribution in [2.24, 2.45) is 10.7 Å². The SMILES string of the molecule is N#Cc1ccc(N=C(N)N(C#N)c2cccc3c2OCO3)c(O)c1Br. The van der Waals surface area contributed by atoms with Crippen LogP contribution in [-0.2, 0) is 0 Å². The lowest BCUT2D eigenvalue weighted by Gasteiger charge is -2.16. The molecular formula is C16H10BrN5O3. The van der Waals surface area contributed by atoms with E-state index >= 15 is 0 Å². The third kappa shape index (κ3) is 2.89. The highest BCUT2D eigenvalue weighted by Gasteiger charge is 2.23. The van der Waals surface area contributed by atoms with Crippen molar-refractivity contribution in [1.82, 2.24) is 0 Å². The zero-order chi connectivity index (χ0) is 18.0. The number of halogens is 1. The van der Waals surface area contributed by atoms with Gasteiger partial charge in [-0.2, -0.15) is 10.5 Å². The van der Waals surface area contributed by atoms with Gasteiger partial charge in [0.2, 0.25) is 12.8 Å². The quantitative estimate of drug-likeness (QED) is 0.343. The number of benzene rings is 2. The Bertz CT molecular complexity index is 961. The molecule has 124 valence electrons. The van der Waals surface area contributed by atoms with Crippen LogP contribution >= 0.6 is 15.9 Å². The molecule has 1 aliphatic heterocycles. The fraction of sp³-hybridized carbons (Fsp3) is 0.0625. The Hall–Kier alpha value is -3.43. The first-order chi connectivity index (χ1) is 12.1. The van der Waals surface area contributed by atoms with Crippen LogP contribution < -0.4 is 20.1 Å². The van der Waals surface area contributed by atoms with E-state index in [9.17, 15) is 10.4 Å². The van der Waals surface area contributed by atoms with Gasteiger partial charge in [0.1, 0.15) is 17.4 Å². The standard InChI is InChI=1S/C16H10BrN5O3/c17-13-9(6-18)4-5-10(14(13)23)21-16(20)22(7-19)11-2-1-3-12-15(11)25-8-24-12/h1-5,23H,8H2,(H2,20,21). The van der Waals surface area contributed by atoms with E-state index in [1.807, 2.05) is 12.3 Å². The van der Waals surface area contributed by atoms with Crippen LogP contribution in [0, 0.1) is 22.8 Å². The lowest BCUT2D eigenvalue weighted by Crippen LogP contribution is -2.33. The third-order valence-electron chi connectivity index (χ3n) is 3.40. The van der Waals surface area contributed by atoms with E-state index in [1.54, 1.807) is 18.2 Å². The number of hydrogen-bond donors (Lipinski definition) is 2. The number of anilines is 1. The zero-order valence-corrected chi connectivity index (χ0v) is 14.2. The van der Waals surface area contributed by atoms with Crippen molar-refractivity contribution in [3.8, 4) is 29.5 Å². The smallest absolute Gasteiger partial charge is 0.231 e. The second-order valence-electron chi connectivity index (χ2n) is 4.82. The molecule has 1 heterocycles. The van der Waals surface area contributed by atoms with Crippen molar-refractivity contribution in [2.75, 3.05) is 11.7 Å². The number of phenolic OH excluding ortho intramolecular Hbond substituents is 1. The highest BCUT2D eigenvalue weighted by Crippen LogP contribution is 2.41. The number of phenols is 1. The Balaban J connectivity index is 2.03. The van der Waals surface area contributed by atoms with E-state index in [4.69, 9.17) is 20.5 Å². The molecule has 0 bridgehead atoms. The van der Waals surface area contributed by atoms with E-state index < -0.39 is 0 Å². The molecule has 0 aliphatic carbocycles. The molecule has 2 aromatic rings. The van der Waals surface area contributed by atoms with Gasteiger partial charge in [0.25, 0.3) is 0 Å². The minimum absolute atomic E-state index is 0.0476. The van der Waals surface area contributed by atoms with Gasteiger partial charge in [-0.25, -0.2) is 9.89 Å². The largest absolute Gasteiger partial charge is 0.505 e. The Morgan fingerprint density at radius 3 is 2.80 bits per heavy atom. The van der Waals surface area contributed by atoms with E-state index in [1.165, 1.54) is 12.1 Å². The highest BCUT2D eigenvalue weighted by atomic mass is 79.9. The summed E-state index contributed by atoms with van der Waals surface area (Å²) in [6.07, 6.45) is 1.92. The van der Waals surface area contributed by atoms with Crippen molar-refractivity contribution < 1.29 is 14.6 Å². The molecule has 0 unspecified atom stereocenters. The summed E-state index contributed by atoms with van der Waals surface area (Å²) < 4.78 is 10.8. The van der Waals surface area contributed by atoms with Crippen LogP contribution in [0.25, 0.3) is 0 Å². The normalized spacial score (nSPS) is 12.4. The van der Waals surface area contributed by atoms with Gasteiger partial charge in [-0.3, -0.25) is 0 Å². The number of guanidine groups is 1. The molecule has 9 heteroatoms. The molecule has 0 spiro atoms. The summed E-state index contributed by atoms with van der Waals surface area (Å²) in [7, 11) is 0. The molecule has 0 atom stereocenters. The van der Waals surface area contributed by atoms with Gasteiger partial charge in [0, 0.05) is 0 Å². The maximum atomic E-state index is 10.1. The minimum Gasteiger partial charge on any atom is -0.505 e. The number of aromatic hydroxyl groups is 1. The average Bonchev–Trinajstić information content (AvgIpc) is 3.09. The van der Waals surface area contributed by atoms with Crippen LogP contribution in [0.4, 0.5) is 11.4 Å². The molecule has 0 saturated heterocycles. The van der Waals surface area contributed by atoms with Gasteiger partial charge in [0.05, 0.1) is 10.0 Å². The number of nitrogens with two attached hydrogens (primary N) is 1. The average molecular weight is 400 g/mol. The van der Waals surface area contributed by atoms with Gasteiger partial charge in [-0.1, -0.05) is 6.07 Å². The van der Waals surface area contributed by atoms with Gasteiger partial charge >= 0.3 is 0 Å². The van der Waals surface area contributed by atoms with Crippen LogP contribution in [-0.4, -0.2) is 17.9 Å². The van der Waals surface area contributed by atoms with Crippen molar-refractivity contribution in [3.63, 3.8) is 0 Å². The van der Waals surface area contributed by atoms with Crippen molar-refractivity contribution in [2.45, 2.75) is 0 Å². The zero-order valence-electron chi connectivity index (χ0n) is 12.6. The number of para-hydroxylation sites is 1. The predicted octanol–water partition coefficient (Wildman–Crippen LogP) is 2.69. The maximum Gasteiger partial charge on any atom is 0.231 e. The Morgan fingerprint density at radius 1 is 1.28 bits per heavy atom. The summed E-state index contributed by atoms with van der Waals surface area (Å²) in [5.41, 5.74) is 6.66. The summed E-state index contributed by atoms with van der Waals surface area (Å²) in [6.45, 7) is 0.0476. The van der Waals surface area contributed by atoms with Gasteiger partial charge in [-0.15, -0.1) is 0 Å².